The predicted octanol–water partition coefficient (Wildman–Crippen LogP) is 12.6. The molecule has 0 radical (unpaired) electrons. The van der Waals surface area contributed by atoms with Gasteiger partial charge in [-0.2, -0.15) is 0 Å². The molecule has 1 aliphatic carbocycles. The number of aromatic nitrogens is 2. The lowest BCUT2D eigenvalue weighted by atomic mass is 9.66. The van der Waals surface area contributed by atoms with E-state index >= 15 is 0 Å². The highest BCUT2D eigenvalue weighted by Gasteiger charge is 2.37. The summed E-state index contributed by atoms with van der Waals surface area (Å²) >= 11 is 0. The first-order valence-corrected chi connectivity index (χ1v) is 27.2. The zero-order valence-electron chi connectivity index (χ0n) is 45.2. The fourth-order valence-electron chi connectivity index (χ4n) is 11.8. The van der Waals surface area contributed by atoms with Gasteiger partial charge < -0.3 is 49.3 Å². The first-order chi connectivity index (χ1) is 38.2. The third-order valence-corrected chi connectivity index (χ3v) is 15.9. The molecular formula is C66H68N4O9. The number of dihydropyridines is 1. The number of phenols is 3. The number of H-pyrrole nitrogens is 1. The first-order valence-electron chi connectivity index (χ1n) is 27.2. The molecule has 0 saturated carbocycles. The van der Waals surface area contributed by atoms with Crippen molar-refractivity contribution in [1.82, 2.24) is 14.9 Å². The highest BCUT2D eigenvalue weighted by Crippen LogP contribution is 2.47. The number of allylic oxidation sites excluding steroid dienone is 6. The molecule has 0 fully saturated rings. The Hall–Kier alpha value is -8.71. The zero-order chi connectivity index (χ0) is 55.2. The Morgan fingerprint density at radius 3 is 2.43 bits per heavy atom. The van der Waals surface area contributed by atoms with Gasteiger partial charge >= 0.3 is 5.97 Å². The monoisotopic (exact) mass is 1060 g/mol. The van der Waals surface area contributed by atoms with Gasteiger partial charge in [0.1, 0.15) is 40.7 Å². The molecule has 2 aromatic heterocycles. The molecule has 7 aromatic rings. The third-order valence-electron chi connectivity index (χ3n) is 15.9. The van der Waals surface area contributed by atoms with Crippen LogP contribution in [0.15, 0.2) is 176 Å². The van der Waals surface area contributed by atoms with Gasteiger partial charge in [-0.1, -0.05) is 91.9 Å². The predicted molar refractivity (Wildman–Crippen MR) is 307 cm³/mol. The summed E-state index contributed by atoms with van der Waals surface area (Å²) in [5, 5.41) is 39.1. The smallest absolute Gasteiger partial charge is 0.302 e. The molecule has 2 aliphatic heterocycles. The summed E-state index contributed by atoms with van der Waals surface area (Å²) in [7, 11) is 1.48. The Bertz CT molecular complexity index is 3510. The fourth-order valence-corrected chi connectivity index (χ4v) is 11.8. The van der Waals surface area contributed by atoms with Crippen LogP contribution in [0, 0.1) is 11.3 Å². The maximum Gasteiger partial charge on any atom is 0.302 e. The molecule has 1 spiro atoms. The van der Waals surface area contributed by atoms with E-state index in [9.17, 15) is 29.7 Å². The number of carbonyl (C=O) groups is 3. The number of hydrogen-bond acceptors (Lipinski definition) is 11. The molecule has 4 bridgehead atoms. The Morgan fingerprint density at radius 2 is 1.65 bits per heavy atom. The lowest BCUT2D eigenvalue weighted by Crippen LogP contribution is -2.35. The van der Waals surface area contributed by atoms with E-state index in [1.54, 1.807) is 37.3 Å². The minimum absolute atomic E-state index is 0.00160. The SMILES string of the molecule is COc1cc(C2CC(=O)CC(OC(C)=O)CCC3(C=CC=CC3C)Cc3c[nH]cc3CC(c3cccc(O)c3)C3=CCNC(=C3)N(CCC(C)=O)c3cccc4cn2cc34)cc(O)c1Oc1cc(O)cc(Cc2ccccc2)c1. The van der Waals surface area contributed by atoms with Gasteiger partial charge in [-0.15, -0.1) is 0 Å². The quantitative estimate of drug-likeness (QED) is 0.0780. The lowest BCUT2D eigenvalue weighted by molar-refractivity contribution is -0.148. The van der Waals surface area contributed by atoms with Crippen molar-refractivity contribution >= 4 is 34.0 Å². The van der Waals surface area contributed by atoms with Gasteiger partial charge in [0.25, 0.3) is 0 Å². The average molecular weight is 1060 g/mol. The summed E-state index contributed by atoms with van der Waals surface area (Å²) in [5.41, 5.74) is 7.14. The van der Waals surface area contributed by atoms with Crippen LogP contribution in [0.4, 0.5) is 5.69 Å². The molecular weight excluding hydrogens is 993 g/mol. The molecule has 5 N–H and O–H groups in total. The van der Waals surface area contributed by atoms with Crippen molar-refractivity contribution in [3.8, 4) is 34.5 Å². The number of esters is 1. The number of aromatic amines is 1. The largest absolute Gasteiger partial charge is 0.508 e. The Morgan fingerprint density at radius 1 is 0.823 bits per heavy atom. The van der Waals surface area contributed by atoms with Crippen molar-refractivity contribution < 1.29 is 43.9 Å². The number of methoxy groups -OCH3 is 1. The number of nitrogens with zero attached hydrogens (tertiary/aromatic N) is 2. The number of Topliss-reactive ketones (excluding diaryl/α,β-unsaturated/α-hetero) is 2. The van der Waals surface area contributed by atoms with E-state index in [-0.39, 0.29) is 71.4 Å². The van der Waals surface area contributed by atoms with Gasteiger partial charge in [-0.25, -0.2) is 0 Å². The number of aromatic hydroxyl groups is 3. The molecule has 5 unspecified atom stereocenters. The zero-order valence-corrected chi connectivity index (χ0v) is 45.2. The van der Waals surface area contributed by atoms with Crippen LogP contribution in [-0.4, -0.2) is 68.7 Å². The van der Waals surface area contributed by atoms with Crippen LogP contribution in [0.25, 0.3) is 10.8 Å². The van der Waals surface area contributed by atoms with Crippen LogP contribution in [0.2, 0.25) is 0 Å². The van der Waals surface area contributed by atoms with Crippen LogP contribution in [0.5, 0.6) is 34.5 Å². The fraction of sp³-hybridized carbons (Fsp3) is 0.288. The number of rotatable bonds is 11. The molecule has 13 nitrogen and oxygen atoms in total. The molecule has 79 heavy (non-hydrogen) atoms. The number of phenolic OH excluding ortho intramolecular Hbond substituents is 3. The van der Waals surface area contributed by atoms with E-state index in [2.05, 4.69) is 77.0 Å². The summed E-state index contributed by atoms with van der Waals surface area (Å²) < 4.78 is 20.3. The van der Waals surface area contributed by atoms with Crippen molar-refractivity contribution in [2.45, 2.75) is 90.2 Å². The second-order valence-corrected chi connectivity index (χ2v) is 21.4. The number of anilines is 1. The van der Waals surface area contributed by atoms with Crippen molar-refractivity contribution in [3.05, 3.63) is 209 Å². The van der Waals surface area contributed by atoms with Gasteiger partial charge in [-0.3, -0.25) is 14.4 Å². The molecule has 0 amide bonds. The van der Waals surface area contributed by atoms with Crippen molar-refractivity contribution in [1.29, 1.82) is 0 Å². The summed E-state index contributed by atoms with van der Waals surface area (Å²) in [6.45, 7) is 6.06. The van der Waals surface area contributed by atoms with Gasteiger partial charge in [-0.05, 0) is 138 Å². The Kier molecular flexibility index (Phi) is 16.0. The summed E-state index contributed by atoms with van der Waals surface area (Å²) in [6, 6.07) is 30.9. The van der Waals surface area contributed by atoms with E-state index < -0.39 is 23.5 Å². The molecule has 10 rings (SSSR count). The van der Waals surface area contributed by atoms with Gasteiger partial charge in [0.15, 0.2) is 11.5 Å². The summed E-state index contributed by atoms with van der Waals surface area (Å²) in [5.74, 6) is 0.603. The normalized spacial score (nSPS) is 20.7. The van der Waals surface area contributed by atoms with Crippen molar-refractivity contribution in [3.63, 3.8) is 0 Å². The van der Waals surface area contributed by atoms with E-state index in [0.29, 0.717) is 56.5 Å². The maximum atomic E-state index is 14.9. The van der Waals surface area contributed by atoms with Crippen LogP contribution in [-0.2, 0) is 38.4 Å². The summed E-state index contributed by atoms with van der Waals surface area (Å²) in [6.07, 6.45) is 23.5. The number of fused-ring (bicyclic) bond motifs is 3. The number of carbonyl (C=O) groups excluding carboxylic acids is 3. The second-order valence-electron chi connectivity index (χ2n) is 21.4. The molecule has 3 aliphatic rings. The van der Waals surface area contributed by atoms with E-state index in [4.69, 9.17) is 14.2 Å². The molecule has 0 saturated heterocycles. The number of hydrogen-bond donors (Lipinski definition) is 5. The average Bonchev–Trinajstić information content (AvgIpc) is 4.21. The number of benzene rings is 5. The van der Waals surface area contributed by atoms with Gasteiger partial charge in [0, 0.05) is 86.8 Å². The topological polar surface area (TPSA) is 176 Å². The molecule has 4 heterocycles. The number of nitrogens with one attached hydrogen (secondary N) is 2. The number of ketones is 2. The molecule has 406 valence electrons. The highest BCUT2D eigenvalue weighted by atomic mass is 16.5. The third kappa shape index (κ3) is 12.4. The van der Waals surface area contributed by atoms with Crippen molar-refractivity contribution in [2.24, 2.45) is 11.3 Å². The van der Waals surface area contributed by atoms with Gasteiger partial charge in [0.05, 0.1) is 18.8 Å². The standard InChI is InChI=1S/C66H68N4O9/c1-42-12-8-9-22-66(42)23-19-56(78-44(3)72)34-55(75)36-61(50-31-62(76)65(63(32-50)77-4)79-57-28-46(27-54(74)35-57)26-45-13-6-5-7-14-45)69-40-49-16-11-18-60(59(49)41-69)70(25-21-43(2)71)64-33-48(20-24-68-64)58(47-15-10-17-53(73)29-47)30-51-38-67-39-52(51)37-66/h5-18,20,22,27-29,31-33,35,38-42,56,58,61,67-68,73-74,76H,19,21,23-26,30,34,36-37H2,1-4H3. The highest BCUT2D eigenvalue weighted by molar-refractivity contribution is 5.95. The minimum Gasteiger partial charge on any atom is -0.508 e. The van der Waals surface area contributed by atoms with Crippen LogP contribution < -0.4 is 19.7 Å². The molecule has 5 aromatic carbocycles. The first kappa shape index (κ1) is 53.7. The van der Waals surface area contributed by atoms with Crippen LogP contribution >= 0.6 is 0 Å². The number of ether oxygens (including phenoxy) is 3. The van der Waals surface area contributed by atoms with Crippen LogP contribution in [0.3, 0.4) is 0 Å². The maximum absolute atomic E-state index is 14.9. The Balaban J connectivity index is 1.10. The van der Waals surface area contributed by atoms with Gasteiger partial charge in [0.2, 0.25) is 5.75 Å². The second kappa shape index (κ2) is 23.5. The minimum atomic E-state index is -0.728. The van der Waals surface area contributed by atoms with E-state index in [1.165, 1.54) is 20.1 Å². The van der Waals surface area contributed by atoms with Crippen molar-refractivity contribution in [2.75, 3.05) is 25.1 Å². The summed E-state index contributed by atoms with van der Waals surface area (Å²) in [4.78, 5) is 46.3. The lowest BCUT2D eigenvalue weighted by Gasteiger charge is -2.38. The van der Waals surface area contributed by atoms with E-state index in [1.807, 2.05) is 77.6 Å². The van der Waals surface area contributed by atoms with Crippen LogP contribution in [0.1, 0.15) is 98.2 Å². The molecule has 5 atom stereocenters. The Labute approximate surface area is 461 Å². The molecule has 13 heteroatoms. The van der Waals surface area contributed by atoms with E-state index in [0.717, 1.165) is 55.7 Å².